The molecule has 1 N–H and O–H groups in total. The van der Waals surface area contributed by atoms with Gasteiger partial charge in [0.1, 0.15) is 5.02 Å². The van der Waals surface area contributed by atoms with E-state index in [1.165, 1.54) is 29.3 Å². The minimum atomic E-state index is -4.69. The van der Waals surface area contributed by atoms with Crippen LogP contribution in [0.3, 0.4) is 0 Å². The molecule has 1 fully saturated rings. The van der Waals surface area contributed by atoms with Crippen LogP contribution in [-0.2, 0) is 30.5 Å². The predicted octanol–water partition coefficient (Wildman–Crippen LogP) is 2.69. The fourth-order valence-corrected chi connectivity index (χ4v) is 5.05. The molecule has 1 saturated heterocycles. The summed E-state index contributed by atoms with van der Waals surface area (Å²) in [5.74, 6) is -1.46. The van der Waals surface area contributed by atoms with Gasteiger partial charge in [-0.2, -0.15) is 22.9 Å². The quantitative estimate of drug-likeness (QED) is 0.205. The SMILES string of the molecule is CCOC(=O)OCOn1on1N1CC(C(=O)NS(=O)(=O)c2ccc(-n3nc(C(F)(F)F)cc3-c3ccc(C)cc3)cc2)C1. The molecule has 18 heteroatoms. The van der Waals surface area contributed by atoms with Crippen LogP contribution in [0.1, 0.15) is 18.2 Å². The number of carbonyl (C=O) groups is 2. The number of aryl methyl sites for hydroxylation is 1. The second-order valence-corrected chi connectivity index (χ2v) is 11.1. The van der Waals surface area contributed by atoms with Crippen LogP contribution in [0.15, 0.2) is 64.1 Å². The Balaban J connectivity index is 1.20. The largest absolute Gasteiger partial charge is 0.511 e. The highest BCUT2D eigenvalue weighted by atomic mass is 32.2. The molecule has 2 aromatic heterocycles. The Morgan fingerprint density at radius 3 is 2.37 bits per heavy atom. The number of hydrogen-bond donors (Lipinski definition) is 1. The van der Waals surface area contributed by atoms with Gasteiger partial charge in [-0.05, 0) is 44.2 Å². The molecule has 0 aliphatic carbocycles. The Kier molecular flexibility index (Phi) is 7.87. The van der Waals surface area contributed by atoms with Gasteiger partial charge in [0.15, 0.2) is 5.69 Å². The van der Waals surface area contributed by atoms with Crippen molar-refractivity contribution in [3.8, 4) is 16.9 Å². The fraction of sp³-hybridized carbons (Fsp3) is 0.320. The topological polar surface area (TPSA) is 152 Å². The first-order valence-corrected chi connectivity index (χ1v) is 14.2. The van der Waals surface area contributed by atoms with Gasteiger partial charge in [-0.3, -0.25) is 9.80 Å². The summed E-state index contributed by atoms with van der Waals surface area (Å²) in [5.41, 5.74) is 0.652. The van der Waals surface area contributed by atoms with E-state index in [-0.39, 0.29) is 36.0 Å². The van der Waals surface area contributed by atoms with Crippen molar-refractivity contribution in [1.82, 2.24) is 24.5 Å². The van der Waals surface area contributed by atoms with Crippen molar-refractivity contribution in [3.05, 3.63) is 65.9 Å². The van der Waals surface area contributed by atoms with E-state index in [0.29, 0.717) is 5.56 Å². The number of ether oxygens (including phenoxy) is 2. The molecule has 0 unspecified atom stereocenters. The third-order valence-electron chi connectivity index (χ3n) is 6.31. The molecule has 5 rings (SSSR count). The molecule has 2 aromatic carbocycles. The van der Waals surface area contributed by atoms with E-state index in [2.05, 4.69) is 14.6 Å². The molecule has 0 radical (unpaired) electrons. The number of alkyl halides is 3. The van der Waals surface area contributed by atoms with Crippen LogP contribution in [0.25, 0.3) is 16.9 Å². The second kappa shape index (κ2) is 11.4. The summed E-state index contributed by atoms with van der Waals surface area (Å²) >= 11 is 0. The maximum absolute atomic E-state index is 13.5. The minimum absolute atomic E-state index is 0.0987. The minimum Gasteiger partial charge on any atom is -0.435 e. The smallest absolute Gasteiger partial charge is 0.435 e. The Morgan fingerprint density at radius 2 is 1.74 bits per heavy atom. The number of sulfonamides is 1. The average Bonchev–Trinajstić information content (AvgIpc) is 3.50. The third-order valence-corrected chi connectivity index (χ3v) is 7.67. The monoisotopic (exact) mass is 626 g/mol. The zero-order chi connectivity index (χ0) is 30.9. The summed E-state index contributed by atoms with van der Waals surface area (Å²) in [6.07, 6.45) is -5.61. The molecule has 0 spiro atoms. The zero-order valence-corrected chi connectivity index (χ0v) is 23.5. The van der Waals surface area contributed by atoms with Crippen LogP contribution < -0.4 is 14.6 Å². The molecule has 43 heavy (non-hydrogen) atoms. The average molecular weight is 627 g/mol. The number of benzene rings is 2. The van der Waals surface area contributed by atoms with Crippen molar-refractivity contribution < 1.29 is 50.1 Å². The number of nitrogens with one attached hydrogen (secondary N) is 1. The molecule has 1 amide bonds. The van der Waals surface area contributed by atoms with Crippen LogP contribution in [0.4, 0.5) is 18.0 Å². The highest BCUT2D eigenvalue weighted by Crippen LogP contribution is 2.33. The van der Waals surface area contributed by atoms with Gasteiger partial charge < -0.3 is 14.3 Å². The van der Waals surface area contributed by atoms with Crippen molar-refractivity contribution in [1.29, 1.82) is 0 Å². The van der Waals surface area contributed by atoms with Crippen LogP contribution in [0.5, 0.6) is 0 Å². The van der Waals surface area contributed by atoms with Crippen LogP contribution in [0, 0.1) is 12.8 Å². The molecule has 1 aliphatic rings. The van der Waals surface area contributed by atoms with Crippen molar-refractivity contribution >= 4 is 22.1 Å². The molecule has 230 valence electrons. The number of hydrogen-bond acceptors (Lipinski definition) is 10. The summed E-state index contributed by atoms with van der Waals surface area (Å²) in [4.78, 5) is 29.6. The Bertz CT molecular complexity index is 1700. The molecule has 0 saturated carbocycles. The summed E-state index contributed by atoms with van der Waals surface area (Å²) in [6, 6.07) is 12.7. The highest BCUT2D eigenvalue weighted by Gasteiger charge is 2.40. The summed E-state index contributed by atoms with van der Waals surface area (Å²) < 4.78 is 83.4. The lowest BCUT2D eigenvalue weighted by Crippen LogP contribution is -2.58. The van der Waals surface area contributed by atoms with Gasteiger partial charge in [0.05, 0.1) is 41.9 Å². The summed E-state index contributed by atoms with van der Waals surface area (Å²) in [6.45, 7) is 3.30. The van der Waals surface area contributed by atoms with Crippen LogP contribution >= 0.6 is 0 Å². The zero-order valence-electron chi connectivity index (χ0n) is 22.6. The van der Waals surface area contributed by atoms with Crippen LogP contribution in [0.2, 0.25) is 0 Å². The van der Waals surface area contributed by atoms with E-state index in [0.717, 1.165) is 26.3 Å². The van der Waals surface area contributed by atoms with Gasteiger partial charge in [-0.15, -0.1) is 0 Å². The van der Waals surface area contributed by atoms with Crippen LogP contribution in [-0.4, -0.2) is 66.7 Å². The van der Waals surface area contributed by atoms with E-state index >= 15 is 0 Å². The Hall–Kier alpha value is -4.87. The molecule has 1 aliphatic heterocycles. The van der Waals surface area contributed by atoms with E-state index < -0.39 is 46.7 Å². The summed E-state index contributed by atoms with van der Waals surface area (Å²) in [7, 11) is -4.29. The lowest BCUT2D eigenvalue weighted by molar-refractivity contribution is -0.141. The number of amides is 1. The van der Waals surface area contributed by atoms with Gasteiger partial charge in [-0.1, -0.05) is 29.8 Å². The molecule has 0 bridgehead atoms. The first-order valence-electron chi connectivity index (χ1n) is 12.7. The van der Waals surface area contributed by atoms with Gasteiger partial charge in [0, 0.05) is 10.5 Å². The van der Waals surface area contributed by atoms with Gasteiger partial charge in [0.25, 0.3) is 16.8 Å². The molecule has 3 heterocycles. The molecule has 0 atom stereocenters. The fourth-order valence-electron chi connectivity index (χ4n) is 4.00. The first kappa shape index (κ1) is 29.6. The third kappa shape index (κ3) is 6.63. The Morgan fingerprint density at radius 1 is 1.07 bits per heavy atom. The van der Waals surface area contributed by atoms with Crippen molar-refractivity contribution in [3.63, 3.8) is 0 Å². The molecular weight excluding hydrogens is 601 g/mol. The predicted molar refractivity (Wildman–Crippen MR) is 140 cm³/mol. The normalized spacial score (nSPS) is 13.9. The van der Waals surface area contributed by atoms with Gasteiger partial charge in [-0.25, -0.2) is 22.6 Å². The van der Waals surface area contributed by atoms with Crippen molar-refractivity contribution in [2.24, 2.45) is 5.92 Å². The maximum Gasteiger partial charge on any atom is 0.511 e. The van der Waals surface area contributed by atoms with E-state index in [1.807, 2.05) is 11.6 Å². The lowest BCUT2D eigenvalue weighted by atomic mass is 10.0. The van der Waals surface area contributed by atoms with Gasteiger partial charge >= 0.3 is 12.3 Å². The highest BCUT2D eigenvalue weighted by molar-refractivity contribution is 7.90. The number of carbonyl (C=O) groups excluding carboxylic acids is 2. The van der Waals surface area contributed by atoms with Gasteiger partial charge in [0.2, 0.25) is 5.91 Å². The van der Waals surface area contributed by atoms with Crippen molar-refractivity contribution in [2.75, 3.05) is 31.5 Å². The van der Waals surface area contributed by atoms with E-state index in [9.17, 15) is 31.2 Å². The standard InChI is InChI=1S/C25H25F3N6O8S/c1-3-39-24(36)40-15-41-34-33(42-34)31-13-18(14-31)23(35)30-43(37,38)20-10-8-19(9-11-20)32-21(12-22(29-32)25(26,27)28)17-6-4-16(2)5-7-17/h4-12,18H,3,13-15H2,1-2H3,(H,30,35). The Labute approximate surface area is 242 Å². The lowest BCUT2D eigenvalue weighted by Gasteiger charge is -2.34. The first-order chi connectivity index (χ1) is 20.4. The molecule has 4 aromatic rings. The maximum atomic E-state index is 13.5. The number of aromatic nitrogens is 4. The van der Waals surface area contributed by atoms with E-state index in [1.54, 1.807) is 31.2 Å². The van der Waals surface area contributed by atoms with E-state index in [4.69, 9.17) is 9.47 Å². The number of nitrogens with zero attached hydrogens (tertiary/aromatic N) is 5. The number of rotatable bonds is 10. The number of halogens is 3. The van der Waals surface area contributed by atoms with Crippen molar-refractivity contribution in [2.45, 2.75) is 24.9 Å². The second-order valence-electron chi connectivity index (χ2n) is 9.37. The summed E-state index contributed by atoms with van der Waals surface area (Å²) in [5, 5.41) is 6.11. The molecular formula is C25H25F3N6O8S. The molecule has 14 nitrogen and oxygen atoms in total.